The maximum absolute atomic E-state index is 12.8. The lowest BCUT2D eigenvalue weighted by atomic mass is 10.0. The van der Waals surface area contributed by atoms with Crippen molar-refractivity contribution in [3.8, 4) is 0 Å². The molecule has 1 aromatic heterocycles. The van der Waals surface area contributed by atoms with Gasteiger partial charge in [0.05, 0.1) is 15.8 Å². The molecule has 166 valence electrons. The predicted octanol–water partition coefficient (Wildman–Crippen LogP) is 1.44. The molecule has 0 spiro atoms. The summed E-state index contributed by atoms with van der Waals surface area (Å²) < 4.78 is 0.620. The predicted molar refractivity (Wildman–Crippen MR) is 120 cm³/mol. The maximum atomic E-state index is 12.8. The fourth-order valence-electron chi connectivity index (χ4n) is 4.77. The summed E-state index contributed by atoms with van der Waals surface area (Å²) in [6.45, 7) is 8.02. The second-order valence-electron chi connectivity index (χ2n) is 8.75. The molecular weight excluding hydrogens is 422 g/mol. The Labute approximate surface area is 187 Å². The van der Waals surface area contributed by atoms with E-state index in [0.29, 0.717) is 21.8 Å². The lowest BCUT2D eigenvalue weighted by Gasteiger charge is -2.42. The molecule has 0 bridgehead atoms. The van der Waals surface area contributed by atoms with Crippen LogP contribution in [0.15, 0.2) is 12.1 Å². The van der Waals surface area contributed by atoms with E-state index in [1.807, 2.05) is 4.90 Å². The fourth-order valence-corrected chi connectivity index (χ4v) is 5.72. The van der Waals surface area contributed by atoms with Gasteiger partial charge in [-0.15, -0.1) is 11.3 Å². The summed E-state index contributed by atoms with van der Waals surface area (Å²) in [5, 5.41) is 3.07. The number of thiophene rings is 1. The van der Waals surface area contributed by atoms with E-state index in [1.165, 1.54) is 37.3 Å². The Morgan fingerprint density at radius 1 is 1.07 bits per heavy atom. The third kappa shape index (κ3) is 5.53. The number of likely N-dealkylation sites (tertiary alicyclic amines) is 2. The van der Waals surface area contributed by atoms with Crippen molar-refractivity contribution in [2.45, 2.75) is 31.3 Å². The monoisotopic (exact) mass is 453 g/mol. The van der Waals surface area contributed by atoms with Gasteiger partial charge in [0.1, 0.15) is 0 Å². The summed E-state index contributed by atoms with van der Waals surface area (Å²) >= 11 is 7.21. The van der Waals surface area contributed by atoms with E-state index < -0.39 is 0 Å². The summed E-state index contributed by atoms with van der Waals surface area (Å²) in [6.07, 6.45) is 3.36. The number of nitrogens with zero attached hydrogens (tertiary/aromatic N) is 4. The SMILES string of the molecule is CN1CCC(N2CCN(C(=O)CN3CC[C@H](NC(=O)c4ccc(Cl)s4)C3)CC2)CC1. The highest BCUT2D eigenvalue weighted by Gasteiger charge is 2.30. The molecule has 1 aromatic rings. The van der Waals surface area contributed by atoms with Gasteiger partial charge < -0.3 is 15.1 Å². The molecule has 3 fully saturated rings. The summed E-state index contributed by atoms with van der Waals surface area (Å²) in [6, 6.07) is 4.27. The van der Waals surface area contributed by atoms with E-state index >= 15 is 0 Å². The van der Waals surface area contributed by atoms with E-state index in [0.717, 1.165) is 45.7 Å². The van der Waals surface area contributed by atoms with Crippen molar-refractivity contribution < 1.29 is 9.59 Å². The number of piperazine rings is 1. The number of hydrogen-bond acceptors (Lipinski definition) is 6. The first kappa shape index (κ1) is 22.0. The van der Waals surface area contributed by atoms with Crippen molar-refractivity contribution in [3.63, 3.8) is 0 Å². The van der Waals surface area contributed by atoms with Gasteiger partial charge in [0.25, 0.3) is 5.91 Å². The van der Waals surface area contributed by atoms with E-state index in [2.05, 4.69) is 27.1 Å². The van der Waals surface area contributed by atoms with Crippen molar-refractivity contribution in [2.24, 2.45) is 0 Å². The highest BCUT2D eigenvalue weighted by Crippen LogP contribution is 2.22. The Kier molecular flexibility index (Phi) is 7.31. The largest absolute Gasteiger partial charge is 0.347 e. The van der Waals surface area contributed by atoms with Crippen LogP contribution < -0.4 is 5.32 Å². The van der Waals surface area contributed by atoms with Crippen LogP contribution in [0.5, 0.6) is 0 Å². The number of nitrogens with one attached hydrogen (secondary N) is 1. The number of halogens is 1. The Morgan fingerprint density at radius 2 is 1.80 bits per heavy atom. The standard InChI is InChI=1S/C21H32ClN5O2S/c1-24-7-5-17(6-8-24)26-10-12-27(13-11-26)20(28)15-25-9-4-16(14-25)23-21(29)18-2-3-19(22)30-18/h2-3,16-17H,4-15H2,1H3,(H,23,29)/t16-/m0/s1. The first-order chi connectivity index (χ1) is 14.5. The molecule has 0 aliphatic carbocycles. The topological polar surface area (TPSA) is 59.1 Å². The van der Waals surface area contributed by atoms with Crippen molar-refractivity contribution in [1.82, 2.24) is 24.9 Å². The molecule has 4 rings (SSSR count). The summed E-state index contributed by atoms with van der Waals surface area (Å²) in [7, 11) is 2.19. The third-order valence-electron chi connectivity index (χ3n) is 6.63. The minimum atomic E-state index is -0.0740. The molecule has 3 saturated heterocycles. The minimum absolute atomic E-state index is 0.0740. The molecule has 0 unspecified atom stereocenters. The molecule has 7 nitrogen and oxygen atoms in total. The molecule has 1 N–H and O–H groups in total. The number of rotatable bonds is 5. The minimum Gasteiger partial charge on any atom is -0.347 e. The zero-order valence-corrected chi connectivity index (χ0v) is 19.3. The lowest BCUT2D eigenvalue weighted by Crippen LogP contribution is -2.55. The van der Waals surface area contributed by atoms with E-state index in [4.69, 9.17) is 11.6 Å². The number of hydrogen-bond donors (Lipinski definition) is 1. The summed E-state index contributed by atoms with van der Waals surface area (Å²) in [4.78, 5) is 34.9. The molecule has 4 heterocycles. The average Bonchev–Trinajstić information content (AvgIpc) is 3.37. The Balaban J connectivity index is 1.17. The van der Waals surface area contributed by atoms with Crippen molar-refractivity contribution in [2.75, 3.05) is 66.0 Å². The van der Waals surface area contributed by atoms with Gasteiger partial charge >= 0.3 is 0 Å². The first-order valence-electron chi connectivity index (χ1n) is 11.0. The molecule has 3 aliphatic rings. The van der Waals surface area contributed by atoms with Gasteiger partial charge in [0.2, 0.25) is 5.91 Å². The number of carbonyl (C=O) groups excluding carboxylic acids is 2. The second-order valence-corrected chi connectivity index (χ2v) is 10.5. The summed E-state index contributed by atoms with van der Waals surface area (Å²) in [5.41, 5.74) is 0. The highest BCUT2D eigenvalue weighted by atomic mass is 35.5. The first-order valence-corrected chi connectivity index (χ1v) is 12.2. The molecule has 1 atom stereocenters. The second kappa shape index (κ2) is 9.96. The zero-order valence-electron chi connectivity index (χ0n) is 17.7. The van der Waals surface area contributed by atoms with Crippen molar-refractivity contribution >= 4 is 34.8 Å². The molecule has 0 saturated carbocycles. The van der Waals surface area contributed by atoms with Crippen LogP contribution in [0.3, 0.4) is 0 Å². The van der Waals surface area contributed by atoms with Crippen LogP contribution in [0, 0.1) is 0 Å². The fraction of sp³-hybridized carbons (Fsp3) is 0.714. The van der Waals surface area contributed by atoms with Gasteiger partial charge in [-0.2, -0.15) is 0 Å². The van der Waals surface area contributed by atoms with Crippen LogP contribution in [-0.2, 0) is 4.79 Å². The van der Waals surface area contributed by atoms with Crippen LogP contribution in [0.1, 0.15) is 28.9 Å². The van der Waals surface area contributed by atoms with E-state index in [1.54, 1.807) is 12.1 Å². The number of amides is 2. The van der Waals surface area contributed by atoms with Gasteiger partial charge in [-0.05, 0) is 51.5 Å². The molecule has 0 aromatic carbocycles. The zero-order chi connectivity index (χ0) is 21.1. The Morgan fingerprint density at radius 3 is 2.47 bits per heavy atom. The maximum Gasteiger partial charge on any atom is 0.261 e. The smallest absolute Gasteiger partial charge is 0.261 e. The summed E-state index contributed by atoms with van der Waals surface area (Å²) in [5.74, 6) is 0.144. The molecule has 2 amide bonds. The van der Waals surface area contributed by atoms with E-state index in [-0.39, 0.29) is 17.9 Å². The van der Waals surface area contributed by atoms with Gasteiger partial charge in [-0.1, -0.05) is 11.6 Å². The quantitative estimate of drug-likeness (QED) is 0.731. The molecule has 9 heteroatoms. The van der Waals surface area contributed by atoms with E-state index in [9.17, 15) is 9.59 Å². The van der Waals surface area contributed by atoms with Gasteiger partial charge in [0.15, 0.2) is 0 Å². The van der Waals surface area contributed by atoms with Crippen LogP contribution in [-0.4, -0.2) is 109 Å². The molecular formula is C21H32ClN5O2S. The number of piperidine rings is 1. The van der Waals surface area contributed by atoms with Crippen molar-refractivity contribution in [1.29, 1.82) is 0 Å². The van der Waals surface area contributed by atoms with Crippen LogP contribution >= 0.6 is 22.9 Å². The lowest BCUT2D eigenvalue weighted by molar-refractivity contribution is -0.134. The molecule has 3 aliphatic heterocycles. The number of carbonyl (C=O) groups is 2. The molecule has 0 radical (unpaired) electrons. The normalized spacial score (nSPS) is 25.0. The van der Waals surface area contributed by atoms with Gasteiger partial charge in [-0.3, -0.25) is 19.4 Å². The van der Waals surface area contributed by atoms with Crippen LogP contribution in [0.25, 0.3) is 0 Å². The average molecular weight is 454 g/mol. The van der Waals surface area contributed by atoms with Crippen LogP contribution in [0.4, 0.5) is 0 Å². The Bertz CT molecular complexity index is 744. The Hall–Kier alpha value is -1.19. The third-order valence-corrected chi connectivity index (χ3v) is 7.86. The van der Waals surface area contributed by atoms with Gasteiger partial charge in [-0.25, -0.2) is 0 Å². The van der Waals surface area contributed by atoms with Gasteiger partial charge in [0, 0.05) is 51.4 Å². The van der Waals surface area contributed by atoms with Crippen LogP contribution in [0.2, 0.25) is 4.34 Å². The molecule has 30 heavy (non-hydrogen) atoms. The highest BCUT2D eigenvalue weighted by molar-refractivity contribution is 7.18. The van der Waals surface area contributed by atoms with Crippen molar-refractivity contribution in [3.05, 3.63) is 21.3 Å².